The third-order valence-electron chi connectivity index (χ3n) is 4.32. The van der Waals surface area contributed by atoms with Gasteiger partial charge in [-0.15, -0.1) is 21.5 Å². The second kappa shape index (κ2) is 8.16. The lowest BCUT2D eigenvalue weighted by Crippen LogP contribution is -2.07. The average molecular weight is 410 g/mol. The largest absolute Gasteiger partial charge is 0.461 e. The fourth-order valence-corrected chi connectivity index (χ4v) is 4.77. The Hall–Kier alpha value is -2.64. The molecule has 0 fully saturated rings. The molecule has 3 heterocycles. The molecule has 0 atom stereocenters. The zero-order chi connectivity index (χ0) is 19.5. The first kappa shape index (κ1) is 18.7. The summed E-state index contributed by atoms with van der Waals surface area (Å²) in [6.07, 6.45) is 1.62. The monoisotopic (exact) mass is 409 g/mol. The number of Topliss-reactive ketones (excluding diaryl/α,β-unsaturated/α-hetero) is 1. The molecule has 1 aromatic carbocycles. The molecule has 3 aromatic heterocycles. The van der Waals surface area contributed by atoms with Crippen molar-refractivity contribution in [3.8, 4) is 11.6 Å². The van der Waals surface area contributed by atoms with Gasteiger partial charge in [-0.05, 0) is 37.6 Å². The molecular formula is C21H19N3O2S2. The van der Waals surface area contributed by atoms with Crippen molar-refractivity contribution in [2.45, 2.75) is 25.5 Å². The Morgan fingerprint density at radius 3 is 2.64 bits per heavy atom. The molecule has 4 rings (SSSR count). The topological polar surface area (TPSA) is 60.9 Å². The number of aryl methyl sites for hydroxylation is 2. The molecular weight excluding hydrogens is 390 g/mol. The van der Waals surface area contributed by atoms with Crippen molar-refractivity contribution < 1.29 is 9.21 Å². The lowest BCUT2D eigenvalue weighted by Gasteiger charge is -2.09. The Morgan fingerprint density at radius 1 is 1.14 bits per heavy atom. The van der Waals surface area contributed by atoms with Crippen LogP contribution in [0.4, 0.5) is 0 Å². The van der Waals surface area contributed by atoms with Crippen molar-refractivity contribution in [2.24, 2.45) is 0 Å². The number of furan rings is 1. The number of carbonyl (C=O) groups is 1. The van der Waals surface area contributed by atoms with Gasteiger partial charge < -0.3 is 4.42 Å². The summed E-state index contributed by atoms with van der Waals surface area (Å²) in [7, 11) is 0. The number of rotatable bonds is 7. The van der Waals surface area contributed by atoms with E-state index in [0.29, 0.717) is 29.0 Å². The van der Waals surface area contributed by atoms with Gasteiger partial charge in [-0.1, -0.05) is 42.1 Å². The summed E-state index contributed by atoms with van der Waals surface area (Å²) in [6.45, 7) is 4.62. The average Bonchev–Trinajstić information content (AvgIpc) is 3.41. The molecule has 0 N–H and O–H groups in total. The SMILES string of the molecule is Cc1cc(C(=O)CSc2nnc(-c3ccco3)n2Cc2ccccc2)c(C)s1. The Balaban J connectivity index is 1.59. The van der Waals surface area contributed by atoms with E-state index in [9.17, 15) is 4.79 Å². The second-order valence-electron chi connectivity index (χ2n) is 6.39. The van der Waals surface area contributed by atoms with Crippen LogP contribution in [0.3, 0.4) is 0 Å². The Morgan fingerprint density at radius 2 is 1.96 bits per heavy atom. The molecule has 0 unspecified atom stereocenters. The van der Waals surface area contributed by atoms with Crippen LogP contribution < -0.4 is 0 Å². The molecule has 0 aliphatic rings. The Labute approximate surface area is 171 Å². The third kappa shape index (κ3) is 3.95. The molecule has 0 aliphatic carbocycles. The van der Waals surface area contributed by atoms with Gasteiger partial charge in [-0.25, -0.2) is 0 Å². The van der Waals surface area contributed by atoms with Gasteiger partial charge in [0, 0.05) is 15.3 Å². The quantitative estimate of drug-likeness (QED) is 0.309. The molecule has 7 heteroatoms. The van der Waals surface area contributed by atoms with Gasteiger partial charge in [0.1, 0.15) is 0 Å². The fourth-order valence-electron chi connectivity index (χ4n) is 3.01. The normalized spacial score (nSPS) is 11.1. The van der Waals surface area contributed by atoms with Crippen molar-refractivity contribution in [2.75, 3.05) is 5.75 Å². The van der Waals surface area contributed by atoms with E-state index in [4.69, 9.17) is 4.42 Å². The van der Waals surface area contributed by atoms with E-state index in [0.717, 1.165) is 20.9 Å². The molecule has 0 amide bonds. The summed E-state index contributed by atoms with van der Waals surface area (Å²) in [5, 5.41) is 9.35. The number of nitrogens with zero attached hydrogens (tertiary/aromatic N) is 3. The van der Waals surface area contributed by atoms with E-state index >= 15 is 0 Å². The summed E-state index contributed by atoms with van der Waals surface area (Å²) in [4.78, 5) is 14.9. The third-order valence-corrected chi connectivity index (χ3v) is 6.25. The maximum absolute atomic E-state index is 12.7. The molecule has 142 valence electrons. The first-order valence-corrected chi connectivity index (χ1v) is 10.7. The zero-order valence-electron chi connectivity index (χ0n) is 15.6. The number of hydrogen-bond donors (Lipinski definition) is 0. The van der Waals surface area contributed by atoms with Gasteiger partial charge in [-0.2, -0.15) is 0 Å². The predicted molar refractivity (Wildman–Crippen MR) is 112 cm³/mol. The minimum Gasteiger partial charge on any atom is -0.461 e. The van der Waals surface area contributed by atoms with E-state index in [1.165, 1.54) is 11.8 Å². The molecule has 28 heavy (non-hydrogen) atoms. The summed E-state index contributed by atoms with van der Waals surface area (Å²) in [5.41, 5.74) is 1.93. The maximum Gasteiger partial charge on any atom is 0.200 e. The first-order chi connectivity index (χ1) is 13.6. The lowest BCUT2D eigenvalue weighted by atomic mass is 10.2. The summed E-state index contributed by atoms with van der Waals surface area (Å²) >= 11 is 3.06. The van der Waals surface area contributed by atoms with Crippen molar-refractivity contribution in [3.05, 3.63) is 75.7 Å². The van der Waals surface area contributed by atoms with Crippen LogP contribution in [0.1, 0.15) is 25.7 Å². The molecule has 5 nitrogen and oxygen atoms in total. The van der Waals surface area contributed by atoms with Crippen LogP contribution in [-0.4, -0.2) is 26.3 Å². The van der Waals surface area contributed by atoms with Crippen molar-refractivity contribution in [3.63, 3.8) is 0 Å². The molecule has 0 radical (unpaired) electrons. The minimum absolute atomic E-state index is 0.112. The highest BCUT2D eigenvalue weighted by molar-refractivity contribution is 7.99. The minimum atomic E-state index is 0.112. The number of hydrogen-bond acceptors (Lipinski definition) is 6. The van der Waals surface area contributed by atoms with Crippen LogP contribution >= 0.6 is 23.1 Å². The van der Waals surface area contributed by atoms with E-state index in [1.807, 2.05) is 54.8 Å². The van der Waals surface area contributed by atoms with E-state index < -0.39 is 0 Å². The number of aromatic nitrogens is 3. The summed E-state index contributed by atoms with van der Waals surface area (Å²) < 4.78 is 7.52. The highest BCUT2D eigenvalue weighted by Gasteiger charge is 2.19. The highest BCUT2D eigenvalue weighted by Crippen LogP contribution is 2.27. The summed E-state index contributed by atoms with van der Waals surface area (Å²) in [6, 6.07) is 15.8. The first-order valence-electron chi connectivity index (χ1n) is 8.86. The van der Waals surface area contributed by atoms with Crippen LogP contribution in [0.15, 0.2) is 64.4 Å². The summed E-state index contributed by atoms with van der Waals surface area (Å²) in [5.74, 6) is 1.75. The smallest absolute Gasteiger partial charge is 0.200 e. The van der Waals surface area contributed by atoms with E-state index in [-0.39, 0.29) is 5.78 Å². The van der Waals surface area contributed by atoms with Gasteiger partial charge in [-0.3, -0.25) is 9.36 Å². The number of thioether (sulfide) groups is 1. The van der Waals surface area contributed by atoms with E-state index in [1.54, 1.807) is 17.6 Å². The van der Waals surface area contributed by atoms with Gasteiger partial charge in [0.25, 0.3) is 0 Å². The van der Waals surface area contributed by atoms with Crippen LogP contribution in [0, 0.1) is 13.8 Å². The molecule has 0 saturated carbocycles. The van der Waals surface area contributed by atoms with Crippen LogP contribution in [-0.2, 0) is 6.54 Å². The van der Waals surface area contributed by atoms with E-state index in [2.05, 4.69) is 22.3 Å². The van der Waals surface area contributed by atoms with Crippen molar-refractivity contribution >= 4 is 28.9 Å². The van der Waals surface area contributed by atoms with Crippen molar-refractivity contribution in [1.29, 1.82) is 0 Å². The molecule has 0 aliphatic heterocycles. The molecule has 0 bridgehead atoms. The predicted octanol–water partition coefficient (Wildman–Crippen LogP) is 5.24. The highest BCUT2D eigenvalue weighted by atomic mass is 32.2. The maximum atomic E-state index is 12.7. The fraction of sp³-hybridized carbons (Fsp3) is 0.190. The molecule has 0 spiro atoms. The van der Waals surface area contributed by atoms with Gasteiger partial charge in [0.2, 0.25) is 5.82 Å². The number of ketones is 1. The van der Waals surface area contributed by atoms with Crippen LogP contribution in [0.25, 0.3) is 11.6 Å². The lowest BCUT2D eigenvalue weighted by molar-refractivity contribution is 0.102. The Kier molecular flexibility index (Phi) is 5.45. The van der Waals surface area contributed by atoms with Gasteiger partial charge in [0.05, 0.1) is 18.6 Å². The van der Waals surface area contributed by atoms with Crippen molar-refractivity contribution in [1.82, 2.24) is 14.8 Å². The molecule has 0 saturated heterocycles. The standard InChI is InChI=1S/C21H19N3O2S2/c1-14-11-17(15(2)28-14)18(25)13-27-21-23-22-20(19-9-6-10-26-19)24(21)12-16-7-4-3-5-8-16/h3-11H,12-13H2,1-2H3. The second-order valence-corrected chi connectivity index (χ2v) is 8.80. The molecule has 4 aromatic rings. The number of carbonyl (C=O) groups excluding carboxylic acids is 1. The zero-order valence-corrected chi connectivity index (χ0v) is 17.2. The Bertz CT molecular complexity index is 1080. The number of thiophene rings is 1. The van der Waals surface area contributed by atoms with Gasteiger partial charge in [0.15, 0.2) is 16.7 Å². The van der Waals surface area contributed by atoms with Gasteiger partial charge >= 0.3 is 0 Å². The number of benzene rings is 1. The van der Waals surface area contributed by atoms with Crippen LogP contribution in [0.2, 0.25) is 0 Å². The van der Waals surface area contributed by atoms with Crippen LogP contribution in [0.5, 0.6) is 0 Å².